The van der Waals surface area contributed by atoms with Crippen molar-refractivity contribution < 1.29 is 27.8 Å². The van der Waals surface area contributed by atoms with Crippen LogP contribution in [-0.2, 0) is 0 Å². The molecule has 0 saturated carbocycles. The van der Waals surface area contributed by atoms with Crippen LogP contribution in [0.25, 0.3) is 0 Å². The van der Waals surface area contributed by atoms with Crippen LogP contribution in [0.4, 0.5) is 23.7 Å². The first-order chi connectivity index (χ1) is 9.44. The summed E-state index contributed by atoms with van der Waals surface area (Å²) in [6.07, 6.45) is -6.24. The van der Waals surface area contributed by atoms with Gasteiger partial charge in [0.25, 0.3) is 0 Å². The van der Waals surface area contributed by atoms with E-state index in [-0.39, 0.29) is 11.3 Å². The number of hydrogen-bond acceptors (Lipinski definition) is 2. The Balaban J connectivity index is 3.20. The van der Waals surface area contributed by atoms with Crippen LogP contribution >= 0.6 is 0 Å². The molecular formula is C13H14F3NO3Si. The van der Waals surface area contributed by atoms with Gasteiger partial charge in [-0.15, -0.1) is 18.7 Å². The molecule has 0 heterocycles. The molecule has 0 spiro atoms. The van der Waals surface area contributed by atoms with Crippen LogP contribution < -0.4 is 10.1 Å². The van der Waals surface area contributed by atoms with Crippen LogP contribution in [0.3, 0.4) is 0 Å². The molecule has 0 atom stereocenters. The second-order valence-corrected chi connectivity index (χ2v) is 9.97. The van der Waals surface area contributed by atoms with Crippen LogP contribution in [0.15, 0.2) is 18.2 Å². The van der Waals surface area contributed by atoms with E-state index in [9.17, 15) is 18.0 Å². The number of carboxylic acid groups (broad SMARTS) is 1. The Morgan fingerprint density at radius 1 is 1.29 bits per heavy atom. The topological polar surface area (TPSA) is 58.6 Å². The van der Waals surface area contributed by atoms with Crippen LogP contribution in [-0.4, -0.2) is 25.6 Å². The molecule has 8 heteroatoms. The number of hydrogen-bond donors (Lipinski definition) is 2. The predicted molar refractivity (Wildman–Crippen MR) is 75.0 cm³/mol. The molecule has 2 N–H and O–H groups in total. The molecule has 0 aliphatic heterocycles. The lowest BCUT2D eigenvalue weighted by Crippen LogP contribution is -2.18. The summed E-state index contributed by atoms with van der Waals surface area (Å²) in [7, 11) is -1.71. The lowest BCUT2D eigenvalue weighted by atomic mass is 10.2. The van der Waals surface area contributed by atoms with Gasteiger partial charge in [-0.2, -0.15) is 0 Å². The molecule has 0 fully saturated rings. The van der Waals surface area contributed by atoms with E-state index in [2.05, 4.69) is 16.2 Å². The lowest BCUT2D eigenvalue weighted by Gasteiger charge is -2.11. The second kappa shape index (κ2) is 6.09. The fourth-order valence-electron chi connectivity index (χ4n) is 1.32. The first-order valence-electron chi connectivity index (χ1n) is 5.88. The van der Waals surface area contributed by atoms with E-state index >= 15 is 0 Å². The maximum absolute atomic E-state index is 12.3. The van der Waals surface area contributed by atoms with Crippen LogP contribution in [0, 0.1) is 11.5 Å². The van der Waals surface area contributed by atoms with Gasteiger partial charge < -0.3 is 9.84 Å². The first-order valence-corrected chi connectivity index (χ1v) is 9.38. The summed E-state index contributed by atoms with van der Waals surface area (Å²) in [4.78, 5) is 10.6. The third-order valence-corrected chi connectivity index (χ3v) is 2.85. The van der Waals surface area contributed by atoms with Gasteiger partial charge >= 0.3 is 12.5 Å². The molecule has 1 amide bonds. The van der Waals surface area contributed by atoms with Crippen LogP contribution in [0.5, 0.6) is 5.75 Å². The monoisotopic (exact) mass is 317 g/mol. The molecule has 0 aromatic heterocycles. The minimum Gasteiger partial charge on any atom is -0.465 e. The van der Waals surface area contributed by atoms with Crippen molar-refractivity contribution in [2.75, 3.05) is 5.32 Å². The average Bonchev–Trinajstić information content (AvgIpc) is 2.21. The number of ether oxygens (including phenoxy) is 1. The number of anilines is 1. The Labute approximate surface area is 120 Å². The molecule has 1 rings (SSSR count). The molecule has 114 valence electrons. The predicted octanol–water partition coefficient (Wildman–Crippen LogP) is 3.90. The Bertz CT molecular complexity index is 597. The van der Waals surface area contributed by atoms with Crippen molar-refractivity contribution in [1.82, 2.24) is 0 Å². The van der Waals surface area contributed by atoms with Gasteiger partial charge in [0.1, 0.15) is 13.8 Å². The third-order valence-electron chi connectivity index (χ3n) is 1.97. The summed E-state index contributed by atoms with van der Waals surface area (Å²) < 4.78 is 40.6. The quantitative estimate of drug-likeness (QED) is 0.642. The zero-order valence-electron chi connectivity index (χ0n) is 11.6. The number of benzene rings is 1. The van der Waals surface area contributed by atoms with E-state index in [4.69, 9.17) is 5.11 Å². The van der Waals surface area contributed by atoms with Gasteiger partial charge in [0, 0.05) is 17.3 Å². The zero-order valence-corrected chi connectivity index (χ0v) is 12.6. The van der Waals surface area contributed by atoms with Crippen molar-refractivity contribution in [2.24, 2.45) is 0 Å². The molecule has 4 nitrogen and oxygen atoms in total. The number of rotatable bonds is 2. The third kappa shape index (κ3) is 7.27. The van der Waals surface area contributed by atoms with Gasteiger partial charge in [0.15, 0.2) is 0 Å². The number of alkyl halides is 3. The molecule has 0 radical (unpaired) electrons. The highest BCUT2D eigenvalue weighted by atomic mass is 28.3. The number of amides is 1. The number of carbonyl (C=O) groups is 1. The Morgan fingerprint density at radius 2 is 1.90 bits per heavy atom. The van der Waals surface area contributed by atoms with E-state index in [1.54, 1.807) is 0 Å². The summed E-state index contributed by atoms with van der Waals surface area (Å²) in [5.41, 5.74) is 3.20. The van der Waals surface area contributed by atoms with Gasteiger partial charge in [-0.1, -0.05) is 25.6 Å². The molecule has 0 aliphatic carbocycles. The molecule has 0 aliphatic rings. The van der Waals surface area contributed by atoms with E-state index in [0.717, 1.165) is 12.1 Å². The summed E-state index contributed by atoms with van der Waals surface area (Å²) in [5.74, 6) is 2.24. The molecule has 21 heavy (non-hydrogen) atoms. The molecule has 1 aromatic carbocycles. The maximum atomic E-state index is 12.3. The van der Waals surface area contributed by atoms with Crippen molar-refractivity contribution in [3.8, 4) is 17.2 Å². The Hall–Kier alpha value is -2.14. The van der Waals surface area contributed by atoms with Gasteiger partial charge in [0.2, 0.25) is 0 Å². The average molecular weight is 317 g/mol. The Morgan fingerprint density at radius 3 is 2.38 bits per heavy atom. The van der Waals surface area contributed by atoms with Crippen LogP contribution in [0.1, 0.15) is 5.56 Å². The SMILES string of the molecule is C[Si](C)(C)C#Cc1cc(NC(=O)O)cc(OC(F)(F)F)c1. The molecular weight excluding hydrogens is 303 g/mol. The number of nitrogens with one attached hydrogen (secondary N) is 1. The second-order valence-electron chi connectivity index (χ2n) is 5.22. The highest BCUT2D eigenvalue weighted by Crippen LogP contribution is 2.27. The van der Waals surface area contributed by atoms with Crippen molar-refractivity contribution in [3.05, 3.63) is 23.8 Å². The highest BCUT2D eigenvalue weighted by Gasteiger charge is 2.31. The van der Waals surface area contributed by atoms with Crippen molar-refractivity contribution >= 4 is 19.9 Å². The lowest BCUT2D eigenvalue weighted by molar-refractivity contribution is -0.274. The van der Waals surface area contributed by atoms with Crippen LogP contribution in [0.2, 0.25) is 19.6 Å². The number of halogens is 3. The highest BCUT2D eigenvalue weighted by molar-refractivity contribution is 6.83. The van der Waals surface area contributed by atoms with Gasteiger partial charge in [-0.25, -0.2) is 4.79 Å². The summed E-state index contributed by atoms with van der Waals surface area (Å²) in [6.45, 7) is 5.94. The zero-order chi connectivity index (χ0) is 16.3. The largest absolute Gasteiger partial charge is 0.573 e. The summed E-state index contributed by atoms with van der Waals surface area (Å²) >= 11 is 0. The molecule has 0 saturated heterocycles. The molecule has 1 aromatic rings. The van der Waals surface area contributed by atoms with Crippen molar-refractivity contribution in [3.63, 3.8) is 0 Å². The molecule has 0 bridgehead atoms. The van der Waals surface area contributed by atoms with Crippen molar-refractivity contribution in [2.45, 2.75) is 26.0 Å². The maximum Gasteiger partial charge on any atom is 0.573 e. The minimum atomic E-state index is -4.86. The van der Waals surface area contributed by atoms with E-state index in [1.165, 1.54) is 6.07 Å². The van der Waals surface area contributed by atoms with Gasteiger partial charge in [-0.3, -0.25) is 5.32 Å². The first kappa shape index (κ1) is 16.9. The smallest absolute Gasteiger partial charge is 0.465 e. The summed E-state index contributed by atoms with van der Waals surface area (Å²) in [5, 5.41) is 10.6. The van der Waals surface area contributed by atoms with Crippen molar-refractivity contribution in [1.29, 1.82) is 0 Å². The van der Waals surface area contributed by atoms with E-state index in [1.807, 2.05) is 25.0 Å². The summed E-state index contributed by atoms with van der Waals surface area (Å²) in [6, 6.07) is 3.42. The normalized spacial score (nSPS) is 11.3. The standard InChI is InChI=1S/C13H14F3NO3Si/c1-21(2,3)5-4-9-6-10(17-12(18)19)8-11(7-9)20-13(14,15)16/h6-8,17H,1-3H3,(H,18,19). The fourth-order valence-corrected chi connectivity index (χ4v) is 1.84. The molecule has 0 unspecified atom stereocenters. The fraction of sp³-hybridized carbons (Fsp3) is 0.308. The Kier molecular flexibility index (Phi) is 4.91. The van der Waals surface area contributed by atoms with E-state index < -0.39 is 26.3 Å². The van der Waals surface area contributed by atoms with E-state index in [0.29, 0.717) is 0 Å². The minimum absolute atomic E-state index is 0.0378. The van der Waals surface area contributed by atoms with Gasteiger partial charge in [0.05, 0.1) is 0 Å². The van der Waals surface area contributed by atoms with Gasteiger partial charge in [-0.05, 0) is 12.1 Å².